The van der Waals surface area contributed by atoms with E-state index < -0.39 is 12.2 Å². The lowest BCUT2D eigenvalue weighted by Crippen LogP contribution is -2.22. The zero-order valence-corrected chi connectivity index (χ0v) is 5.26. The monoisotopic (exact) mass is 116 g/mol. The molecule has 0 unspecified atom stereocenters. The number of hydrogen-bond donors (Lipinski definition) is 2. The van der Waals surface area contributed by atoms with Gasteiger partial charge in [0.25, 0.3) is 0 Å². The zero-order valence-electron chi connectivity index (χ0n) is 5.26. The van der Waals surface area contributed by atoms with Crippen molar-refractivity contribution in [2.75, 3.05) is 0 Å². The van der Waals surface area contributed by atoms with E-state index in [1.54, 1.807) is 6.92 Å². The maximum Gasteiger partial charge on any atom is 0.100 e. The lowest BCUT2D eigenvalue weighted by Gasteiger charge is -2.11. The highest BCUT2D eigenvalue weighted by Crippen LogP contribution is 2.01. The van der Waals surface area contributed by atoms with Crippen molar-refractivity contribution in [3.8, 4) is 0 Å². The van der Waals surface area contributed by atoms with E-state index in [1.165, 1.54) is 6.92 Å². The molecule has 0 heterocycles. The molecule has 48 valence electrons. The molecule has 0 aliphatic rings. The normalized spacial score (nSPS) is 17.5. The van der Waals surface area contributed by atoms with Crippen molar-refractivity contribution in [1.82, 2.24) is 0 Å². The van der Waals surface area contributed by atoms with E-state index in [0.29, 0.717) is 5.57 Å². The van der Waals surface area contributed by atoms with Crippen LogP contribution in [0.3, 0.4) is 0 Å². The highest BCUT2D eigenvalue weighted by molar-refractivity contribution is 4.98. The number of rotatable bonds is 2. The van der Waals surface area contributed by atoms with Gasteiger partial charge < -0.3 is 10.2 Å². The molecule has 0 aromatic heterocycles. The van der Waals surface area contributed by atoms with Gasteiger partial charge in [-0.15, -0.1) is 0 Å². The Morgan fingerprint density at radius 1 is 1.50 bits per heavy atom. The van der Waals surface area contributed by atoms with Crippen molar-refractivity contribution in [1.29, 1.82) is 0 Å². The van der Waals surface area contributed by atoms with E-state index >= 15 is 0 Å². The van der Waals surface area contributed by atoms with Gasteiger partial charge in [0, 0.05) is 0 Å². The standard InChI is InChI=1S/C6H12O2/c1-4(2)6(8)5(3)7/h5-8H,1H2,2-3H3/t5-,6+/m1/s1. The Hall–Kier alpha value is -0.340. The Morgan fingerprint density at radius 2 is 1.88 bits per heavy atom. The van der Waals surface area contributed by atoms with Crippen LogP contribution in [0.1, 0.15) is 13.8 Å². The summed E-state index contributed by atoms with van der Waals surface area (Å²) in [4.78, 5) is 0. The Labute approximate surface area is 49.5 Å². The molecule has 0 fully saturated rings. The van der Waals surface area contributed by atoms with Gasteiger partial charge in [-0.05, 0) is 19.4 Å². The van der Waals surface area contributed by atoms with Gasteiger partial charge >= 0.3 is 0 Å². The molecule has 0 aliphatic heterocycles. The minimum absolute atomic E-state index is 0.597. The van der Waals surface area contributed by atoms with Crippen LogP contribution in [0, 0.1) is 0 Å². The van der Waals surface area contributed by atoms with Crippen LogP contribution in [0.15, 0.2) is 12.2 Å². The van der Waals surface area contributed by atoms with Gasteiger partial charge in [0.1, 0.15) is 6.10 Å². The van der Waals surface area contributed by atoms with Gasteiger partial charge in [-0.2, -0.15) is 0 Å². The summed E-state index contributed by atoms with van der Waals surface area (Å²) in [7, 11) is 0. The largest absolute Gasteiger partial charge is 0.390 e. The van der Waals surface area contributed by atoms with Gasteiger partial charge in [0.15, 0.2) is 0 Å². The summed E-state index contributed by atoms with van der Waals surface area (Å²) < 4.78 is 0. The Balaban J connectivity index is 3.64. The highest BCUT2D eigenvalue weighted by atomic mass is 16.3. The molecule has 0 amide bonds. The Morgan fingerprint density at radius 3 is 1.88 bits per heavy atom. The summed E-state index contributed by atoms with van der Waals surface area (Å²) in [6, 6.07) is 0. The first kappa shape index (κ1) is 7.66. The summed E-state index contributed by atoms with van der Waals surface area (Å²) in [5.74, 6) is 0. The van der Waals surface area contributed by atoms with E-state index in [2.05, 4.69) is 6.58 Å². The molecule has 0 bridgehead atoms. The third kappa shape index (κ3) is 2.09. The highest BCUT2D eigenvalue weighted by Gasteiger charge is 2.09. The fourth-order valence-electron chi connectivity index (χ4n) is 0.412. The van der Waals surface area contributed by atoms with Crippen molar-refractivity contribution >= 4 is 0 Å². The molecular formula is C6H12O2. The molecule has 0 aromatic rings. The Bertz CT molecular complexity index is 86.5. The zero-order chi connectivity index (χ0) is 6.73. The van der Waals surface area contributed by atoms with Gasteiger partial charge in [0.05, 0.1) is 6.10 Å². The molecular weight excluding hydrogens is 104 g/mol. The van der Waals surface area contributed by atoms with E-state index in [4.69, 9.17) is 10.2 Å². The molecule has 2 atom stereocenters. The molecule has 2 nitrogen and oxygen atoms in total. The van der Waals surface area contributed by atoms with E-state index in [9.17, 15) is 0 Å². The first-order valence-electron chi connectivity index (χ1n) is 2.57. The molecule has 0 saturated heterocycles. The van der Waals surface area contributed by atoms with Gasteiger partial charge in [0.2, 0.25) is 0 Å². The molecule has 0 rings (SSSR count). The second-order valence-corrected chi connectivity index (χ2v) is 2.03. The second-order valence-electron chi connectivity index (χ2n) is 2.03. The molecule has 0 aromatic carbocycles. The fourth-order valence-corrected chi connectivity index (χ4v) is 0.412. The summed E-state index contributed by atoms with van der Waals surface area (Å²) in [6.07, 6.45) is -1.47. The van der Waals surface area contributed by atoms with Crippen LogP contribution in [-0.2, 0) is 0 Å². The molecule has 0 aliphatic carbocycles. The summed E-state index contributed by atoms with van der Waals surface area (Å²) >= 11 is 0. The van der Waals surface area contributed by atoms with Gasteiger partial charge in [-0.3, -0.25) is 0 Å². The second kappa shape index (κ2) is 2.84. The van der Waals surface area contributed by atoms with Crippen molar-refractivity contribution in [3.05, 3.63) is 12.2 Å². The summed E-state index contributed by atoms with van der Waals surface area (Å²) in [6.45, 7) is 6.67. The molecule has 2 heteroatoms. The number of aliphatic hydroxyl groups is 2. The first-order valence-corrected chi connectivity index (χ1v) is 2.57. The van der Waals surface area contributed by atoms with Crippen LogP contribution in [0.4, 0.5) is 0 Å². The van der Waals surface area contributed by atoms with E-state index in [0.717, 1.165) is 0 Å². The summed E-state index contributed by atoms with van der Waals surface area (Å²) in [5, 5.41) is 17.5. The lowest BCUT2D eigenvalue weighted by molar-refractivity contribution is 0.0550. The molecule has 2 N–H and O–H groups in total. The van der Waals surface area contributed by atoms with Crippen LogP contribution >= 0.6 is 0 Å². The van der Waals surface area contributed by atoms with Crippen LogP contribution in [0.5, 0.6) is 0 Å². The molecule has 0 saturated carbocycles. The third-order valence-corrected chi connectivity index (χ3v) is 0.962. The number of hydrogen-bond acceptors (Lipinski definition) is 2. The maximum atomic E-state index is 8.85. The van der Waals surface area contributed by atoms with Crippen molar-refractivity contribution in [2.45, 2.75) is 26.1 Å². The summed E-state index contributed by atoms with van der Waals surface area (Å²) in [5.41, 5.74) is 0.597. The van der Waals surface area contributed by atoms with Gasteiger partial charge in [-0.1, -0.05) is 6.58 Å². The smallest absolute Gasteiger partial charge is 0.100 e. The Kier molecular flexibility index (Phi) is 2.72. The SMILES string of the molecule is C=C(C)[C@H](O)[C@@H](C)O. The van der Waals surface area contributed by atoms with Crippen molar-refractivity contribution in [3.63, 3.8) is 0 Å². The fraction of sp³-hybridized carbons (Fsp3) is 0.667. The molecule has 0 radical (unpaired) electrons. The van der Waals surface area contributed by atoms with Crippen LogP contribution in [-0.4, -0.2) is 22.4 Å². The van der Waals surface area contributed by atoms with Crippen LogP contribution in [0.25, 0.3) is 0 Å². The van der Waals surface area contributed by atoms with Crippen LogP contribution in [0.2, 0.25) is 0 Å². The van der Waals surface area contributed by atoms with Crippen LogP contribution < -0.4 is 0 Å². The molecule has 8 heavy (non-hydrogen) atoms. The quantitative estimate of drug-likeness (QED) is 0.509. The third-order valence-electron chi connectivity index (χ3n) is 0.962. The average Bonchev–Trinajstić information content (AvgIpc) is 1.64. The van der Waals surface area contributed by atoms with E-state index in [1.807, 2.05) is 0 Å². The average molecular weight is 116 g/mol. The van der Waals surface area contributed by atoms with Gasteiger partial charge in [-0.25, -0.2) is 0 Å². The maximum absolute atomic E-state index is 8.85. The lowest BCUT2D eigenvalue weighted by atomic mass is 10.1. The topological polar surface area (TPSA) is 40.5 Å². The minimum Gasteiger partial charge on any atom is -0.390 e. The van der Waals surface area contributed by atoms with Crippen molar-refractivity contribution in [2.24, 2.45) is 0 Å². The van der Waals surface area contributed by atoms with Crippen molar-refractivity contribution < 1.29 is 10.2 Å². The predicted octanol–water partition coefficient (Wildman–Crippen LogP) is 0.304. The van der Waals surface area contributed by atoms with E-state index in [-0.39, 0.29) is 0 Å². The predicted molar refractivity (Wildman–Crippen MR) is 32.5 cm³/mol. The minimum atomic E-state index is -0.769. The molecule has 0 spiro atoms. The first-order chi connectivity index (χ1) is 3.55. The number of aliphatic hydroxyl groups excluding tert-OH is 2.